The number of aliphatic imine (C=N–C) groups is 1. The van der Waals surface area contributed by atoms with E-state index in [1.54, 1.807) is 7.11 Å². The minimum atomic E-state index is 0. The van der Waals surface area contributed by atoms with E-state index in [4.69, 9.17) is 4.74 Å². The summed E-state index contributed by atoms with van der Waals surface area (Å²) in [5.74, 6) is 1.78. The van der Waals surface area contributed by atoms with Gasteiger partial charge in [0.1, 0.15) is 5.75 Å². The normalized spacial score (nSPS) is 15.6. The maximum absolute atomic E-state index is 5.63. The van der Waals surface area contributed by atoms with Crippen LogP contribution in [0.25, 0.3) is 0 Å². The molecule has 1 unspecified atom stereocenters. The molecule has 0 saturated carbocycles. The van der Waals surface area contributed by atoms with E-state index >= 15 is 0 Å². The highest BCUT2D eigenvalue weighted by molar-refractivity contribution is 14.0. The van der Waals surface area contributed by atoms with Crippen LogP contribution in [-0.4, -0.2) is 61.0 Å². The van der Waals surface area contributed by atoms with Crippen molar-refractivity contribution in [1.82, 2.24) is 25.3 Å². The summed E-state index contributed by atoms with van der Waals surface area (Å²) < 4.78 is 7.57. The molecular weight excluding hydrogens is 479 g/mol. The molecule has 8 heteroatoms. The van der Waals surface area contributed by atoms with Gasteiger partial charge in [0.25, 0.3) is 0 Å². The number of rotatable bonds is 9. The Balaban J connectivity index is 0.00000300. The highest BCUT2D eigenvalue weighted by Crippen LogP contribution is 2.31. The Morgan fingerprint density at radius 3 is 2.69 bits per heavy atom. The van der Waals surface area contributed by atoms with Gasteiger partial charge in [0.15, 0.2) is 5.96 Å². The van der Waals surface area contributed by atoms with Crippen molar-refractivity contribution < 1.29 is 4.74 Å². The summed E-state index contributed by atoms with van der Waals surface area (Å²) in [6.07, 6.45) is 7.30. The van der Waals surface area contributed by atoms with Crippen LogP contribution in [0.15, 0.2) is 47.7 Å². The van der Waals surface area contributed by atoms with Crippen LogP contribution in [0.2, 0.25) is 0 Å². The lowest BCUT2D eigenvalue weighted by atomic mass is 10.0. The van der Waals surface area contributed by atoms with Crippen molar-refractivity contribution in [2.45, 2.75) is 31.8 Å². The molecule has 0 bridgehead atoms. The highest BCUT2D eigenvalue weighted by atomic mass is 127. The van der Waals surface area contributed by atoms with Gasteiger partial charge in [-0.2, -0.15) is 5.10 Å². The predicted octanol–water partition coefficient (Wildman–Crippen LogP) is 2.90. The Hall–Kier alpha value is -1.81. The molecule has 1 atom stereocenters. The first-order chi connectivity index (χ1) is 13.8. The molecule has 160 valence electrons. The third kappa shape index (κ3) is 6.88. The molecule has 0 aliphatic carbocycles. The number of halogens is 1. The fourth-order valence-electron chi connectivity index (χ4n) is 3.73. The van der Waals surface area contributed by atoms with Gasteiger partial charge >= 0.3 is 0 Å². The van der Waals surface area contributed by atoms with Gasteiger partial charge in [0.2, 0.25) is 0 Å². The number of benzene rings is 1. The van der Waals surface area contributed by atoms with Crippen LogP contribution in [0, 0.1) is 0 Å². The molecule has 1 fully saturated rings. The Bertz CT molecular complexity index is 731. The fraction of sp³-hybridized carbons (Fsp3) is 0.524. The SMILES string of the molecule is CN=C(NCCCn1cccn1)NCC(c1ccccc1OC)N1CCCC1.I. The molecule has 1 aliphatic heterocycles. The van der Waals surface area contributed by atoms with Gasteiger partial charge < -0.3 is 15.4 Å². The van der Waals surface area contributed by atoms with Crippen LogP contribution in [-0.2, 0) is 6.54 Å². The summed E-state index contributed by atoms with van der Waals surface area (Å²) in [5.41, 5.74) is 1.23. The molecule has 1 saturated heterocycles. The van der Waals surface area contributed by atoms with Crippen molar-refractivity contribution in [1.29, 1.82) is 0 Å². The number of hydrogen-bond donors (Lipinski definition) is 2. The van der Waals surface area contributed by atoms with E-state index in [0.29, 0.717) is 0 Å². The number of para-hydroxylation sites is 1. The zero-order chi connectivity index (χ0) is 19.6. The summed E-state index contributed by atoms with van der Waals surface area (Å²) in [5, 5.41) is 11.1. The lowest BCUT2D eigenvalue weighted by molar-refractivity contribution is 0.239. The van der Waals surface area contributed by atoms with Crippen LogP contribution < -0.4 is 15.4 Å². The molecular formula is C21H33IN6O. The van der Waals surface area contributed by atoms with Gasteiger partial charge in [-0.05, 0) is 44.5 Å². The third-order valence-electron chi connectivity index (χ3n) is 5.18. The Morgan fingerprint density at radius 1 is 1.21 bits per heavy atom. The first-order valence-electron chi connectivity index (χ1n) is 10.1. The molecule has 0 spiro atoms. The second-order valence-corrected chi connectivity index (χ2v) is 7.00. The highest BCUT2D eigenvalue weighted by Gasteiger charge is 2.25. The molecule has 1 aromatic carbocycles. The molecule has 2 N–H and O–H groups in total. The van der Waals surface area contributed by atoms with Crippen LogP contribution in [0.4, 0.5) is 0 Å². The molecule has 3 rings (SSSR count). The Kier molecular flexibility index (Phi) is 10.3. The quantitative estimate of drug-likeness (QED) is 0.234. The maximum Gasteiger partial charge on any atom is 0.191 e. The smallest absolute Gasteiger partial charge is 0.191 e. The molecule has 1 aliphatic rings. The molecule has 29 heavy (non-hydrogen) atoms. The van der Waals surface area contributed by atoms with Crippen molar-refractivity contribution in [3.8, 4) is 5.75 Å². The fourth-order valence-corrected chi connectivity index (χ4v) is 3.73. The minimum absolute atomic E-state index is 0. The Labute approximate surface area is 190 Å². The van der Waals surface area contributed by atoms with E-state index in [2.05, 4.69) is 37.8 Å². The lowest BCUT2D eigenvalue weighted by Crippen LogP contribution is -2.43. The molecule has 1 aromatic heterocycles. The monoisotopic (exact) mass is 512 g/mol. The van der Waals surface area contributed by atoms with Gasteiger partial charge in [-0.1, -0.05) is 18.2 Å². The number of aromatic nitrogens is 2. The first kappa shape index (κ1) is 23.5. The maximum atomic E-state index is 5.63. The van der Waals surface area contributed by atoms with E-state index in [-0.39, 0.29) is 30.0 Å². The molecule has 0 amide bonds. The van der Waals surface area contributed by atoms with E-state index in [1.807, 2.05) is 42.3 Å². The average Bonchev–Trinajstić information content (AvgIpc) is 3.44. The molecule has 0 radical (unpaired) electrons. The number of guanidine groups is 1. The van der Waals surface area contributed by atoms with E-state index in [9.17, 15) is 0 Å². The van der Waals surface area contributed by atoms with Crippen molar-refractivity contribution >= 4 is 29.9 Å². The van der Waals surface area contributed by atoms with E-state index in [0.717, 1.165) is 50.9 Å². The van der Waals surface area contributed by atoms with Crippen molar-refractivity contribution in [2.24, 2.45) is 4.99 Å². The number of nitrogens with zero attached hydrogens (tertiary/aromatic N) is 4. The molecule has 7 nitrogen and oxygen atoms in total. The van der Waals surface area contributed by atoms with E-state index < -0.39 is 0 Å². The number of nitrogens with one attached hydrogen (secondary N) is 2. The van der Waals surface area contributed by atoms with Crippen LogP contribution in [0.3, 0.4) is 0 Å². The average molecular weight is 512 g/mol. The number of ether oxygens (including phenoxy) is 1. The largest absolute Gasteiger partial charge is 0.496 e. The lowest BCUT2D eigenvalue weighted by Gasteiger charge is -2.30. The predicted molar refractivity (Wildman–Crippen MR) is 128 cm³/mol. The van der Waals surface area contributed by atoms with Crippen LogP contribution >= 0.6 is 24.0 Å². The summed E-state index contributed by atoms with van der Waals surface area (Å²) in [7, 11) is 3.56. The zero-order valence-corrected chi connectivity index (χ0v) is 19.7. The number of aryl methyl sites for hydroxylation is 1. The second-order valence-electron chi connectivity index (χ2n) is 7.00. The second kappa shape index (κ2) is 12.7. The van der Waals surface area contributed by atoms with Gasteiger partial charge in [-0.3, -0.25) is 14.6 Å². The standard InChI is InChI=1S/C21H32N6O.HI/c1-22-21(23-11-7-15-27-16-8-12-25-27)24-17-19(26-13-5-6-14-26)18-9-3-4-10-20(18)28-2;/h3-4,8-10,12,16,19H,5-7,11,13-15,17H2,1-2H3,(H2,22,23,24);1H. The summed E-state index contributed by atoms with van der Waals surface area (Å²) >= 11 is 0. The number of likely N-dealkylation sites (tertiary alicyclic amines) is 1. The summed E-state index contributed by atoms with van der Waals surface area (Å²) in [4.78, 5) is 6.92. The first-order valence-corrected chi connectivity index (χ1v) is 10.1. The van der Waals surface area contributed by atoms with Crippen molar-refractivity contribution in [3.05, 3.63) is 48.3 Å². The van der Waals surface area contributed by atoms with E-state index in [1.165, 1.54) is 18.4 Å². The van der Waals surface area contributed by atoms with Crippen LogP contribution in [0.1, 0.15) is 30.9 Å². The van der Waals surface area contributed by atoms with Gasteiger partial charge in [0.05, 0.1) is 13.2 Å². The van der Waals surface area contributed by atoms with Gasteiger partial charge in [-0.15, -0.1) is 24.0 Å². The van der Waals surface area contributed by atoms with Gasteiger partial charge in [0, 0.05) is 44.6 Å². The summed E-state index contributed by atoms with van der Waals surface area (Å²) in [6, 6.07) is 10.5. The Morgan fingerprint density at radius 2 is 2.00 bits per heavy atom. The molecule has 2 heterocycles. The molecule has 2 aromatic rings. The number of hydrogen-bond acceptors (Lipinski definition) is 4. The minimum Gasteiger partial charge on any atom is -0.496 e. The van der Waals surface area contributed by atoms with Gasteiger partial charge in [-0.25, -0.2) is 0 Å². The third-order valence-corrected chi connectivity index (χ3v) is 5.18. The zero-order valence-electron chi connectivity index (χ0n) is 17.4. The number of methoxy groups -OCH3 is 1. The van der Waals surface area contributed by atoms with Crippen LogP contribution in [0.5, 0.6) is 5.75 Å². The summed E-state index contributed by atoms with van der Waals surface area (Å²) in [6.45, 7) is 4.79. The van der Waals surface area contributed by atoms with Crippen molar-refractivity contribution in [2.75, 3.05) is 40.3 Å². The van der Waals surface area contributed by atoms with Crippen molar-refractivity contribution in [3.63, 3.8) is 0 Å². The topological polar surface area (TPSA) is 66.7 Å².